The second-order valence-electron chi connectivity index (χ2n) is 5.20. The van der Waals surface area contributed by atoms with Gasteiger partial charge in [0.25, 0.3) is 0 Å². The van der Waals surface area contributed by atoms with Gasteiger partial charge in [0.2, 0.25) is 0 Å². The molecule has 1 rings (SSSR count). The first kappa shape index (κ1) is 14.8. The molecule has 100 valence electrons. The van der Waals surface area contributed by atoms with Gasteiger partial charge in [0.15, 0.2) is 0 Å². The average Bonchev–Trinajstić information content (AvgIpc) is 2.59. The van der Waals surface area contributed by atoms with E-state index in [-0.39, 0.29) is 0 Å². The highest BCUT2D eigenvalue weighted by Gasteiger charge is 2.09. The highest BCUT2D eigenvalue weighted by Crippen LogP contribution is 2.15. The van der Waals surface area contributed by atoms with E-state index in [0.717, 1.165) is 31.2 Å². The fourth-order valence-electron chi connectivity index (χ4n) is 1.81. The van der Waals surface area contributed by atoms with Gasteiger partial charge in [-0.1, -0.05) is 19.8 Å². The summed E-state index contributed by atoms with van der Waals surface area (Å²) in [6.07, 6.45) is 5.28. The SMILES string of the molecule is C#CCN(C)Cc1cc(CNCC(C)C)c(C)o1. The molecule has 1 heterocycles. The fourth-order valence-corrected chi connectivity index (χ4v) is 1.81. The molecule has 0 aliphatic carbocycles. The summed E-state index contributed by atoms with van der Waals surface area (Å²) in [4.78, 5) is 2.06. The summed E-state index contributed by atoms with van der Waals surface area (Å²) >= 11 is 0. The number of aryl methyl sites for hydroxylation is 1. The fraction of sp³-hybridized carbons (Fsp3) is 0.600. The summed E-state index contributed by atoms with van der Waals surface area (Å²) in [5, 5.41) is 3.43. The molecule has 3 heteroatoms. The highest BCUT2D eigenvalue weighted by atomic mass is 16.3. The predicted molar refractivity (Wildman–Crippen MR) is 75.2 cm³/mol. The third-order valence-electron chi connectivity index (χ3n) is 2.73. The molecule has 0 aliphatic heterocycles. The Balaban J connectivity index is 2.51. The molecule has 18 heavy (non-hydrogen) atoms. The van der Waals surface area contributed by atoms with Crippen LogP contribution in [0.3, 0.4) is 0 Å². The molecule has 0 atom stereocenters. The van der Waals surface area contributed by atoms with E-state index in [4.69, 9.17) is 10.8 Å². The standard InChI is InChI=1S/C15H24N2O/c1-6-7-17(5)11-15-8-14(13(4)18-15)10-16-9-12(2)3/h1,8,12,16H,7,9-11H2,2-5H3. The second kappa shape index (κ2) is 7.25. The molecule has 1 aromatic rings. The van der Waals surface area contributed by atoms with Crippen LogP contribution in [0.4, 0.5) is 0 Å². The maximum Gasteiger partial charge on any atom is 0.118 e. The van der Waals surface area contributed by atoms with Crippen LogP contribution in [0.2, 0.25) is 0 Å². The predicted octanol–water partition coefficient (Wildman–Crippen LogP) is 2.40. The summed E-state index contributed by atoms with van der Waals surface area (Å²) in [5.41, 5.74) is 1.24. The maximum atomic E-state index is 5.74. The minimum Gasteiger partial charge on any atom is -0.465 e. The van der Waals surface area contributed by atoms with Crippen molar-refractivity contribution < 1.29 is 4.42 Å². The number of nitrogens with zero attached hydrogens (tertiary/aromatic N) is 1. The van der Waals surface area contributed by atoms with Crippen molar-refractivity contribution in [2.45, 2.75) is 33.9 Å². The van der Waals surface area contributed by atoms with E-state index >= 15 is 0 Å². The average molecular weight is 248 g/mol. The van der Waals surface area contributed by atoms with Gasteiger partial charge in [0, 0.05) is 12.1 Å². The Bertz CT molecular complexity index is 401. The Morgan fingerprint density at radius 2 is 2.22 bits per heavy atom. The van der Waals surface area contributed by atoms with E-state index in [1.807, 2.05) is 14.0 Å². The molecule has 0 radical (unpaired) electrons. The minimum absolute atomic E-state index is 0.640. The number of terminal acetylenes is 1. The Hall–Kier alpha value is -1.24. The molecule has 0 saturated heterocycles. The van der Waals surface area contributed by atoms with E-state index in [1.54, 1.807) is 0 Å². The summed E-state index contributed by atoms with van der Waals surface area (Å²) in [5.74, 6) is 5.27. The molecule has 1 N–H and O–H groups in total. The van der Waals surface area contributed by atoms with Gasteiger partial charge in [-0.3, -0.25) is 4.90 Å². The zero-order chi connectivity index (χ0) is 13.5. The Labute approximate surface area is 111 Å². The quantitative estimate of drug-likeness (QED) is 0.751. The lowest BCUT2D eigenvalue weighted by Gasteiger charge is -2.10. The van der Waals surface area contributed by atoms with E-state index in [0.29, 0.717) is 12.5 Å². The molecule has 0 unspecified atom stereocenters. The number of hydrogen-bond donors (Lipinski definition) is 1. The second-order valence-corrected chi connectivity index (χ2v) is 5.20. The van der Waals surface area contributed by atoms with Gasteiger partial charge >= 0.3 is 0 Å². The zero-order valence-electron chi connectivity index (χ0n) is 11.9. The van der Waals surface area contributed by atoms with Crippen LogP contribution in [0.25, 0.3) is 0 Å². The maximum absolute atomic E-state index is 5.74. The van der Waals surface area contributed by atoms with Crippen molar-refractivity contribution in [2.75, 3.05) is 20.1 Å². The van der Waals surface area contributed by atoms with Crippen LogP contribution < -0.4 is 5.32 Å². The molecule has 0 aliphatic rings. The van der Waals surface area contributed by atoms with E-state index < -0.39 is 0 Å². The van der Waals surface area contributed by atoms with Gasteiger partial charge < -0.3 is 9.73 Å². The summed E-state index contributed by atoms with van der Waals surface area (Å²) in [6, 6.07) is 2.12. The third kappa shape index (κ3) is 4.95. The van der Waals surface area contributed by atoms with E-state index in [9.17, 15) is 0 Å². The molecule has 0 saturated carbocycles. The van der Waals surface area contributed by atoms with Crippen molar-refractivity contribution in [3.05, 3.63) is 23.2 Å². The molecule has 0 aromatic carbocycles. The van der Waals surface area contributed by atoms with Crippen molar-refractivity contribution in [3.8, 4) is 12.3 Å². The largest absolute Gasteiger partial charge is 0.465 e. The zero-order valence-corrected chi connectivity index (χ0v) is 11.9. The Kier molecular flexibility index (Phi) is 5.97. The first-order valence-electron chi connectivity index (χ1n) is 6.43. The molecule has 0 amide bonds. The van der Waals surface area contributed by atoms with Gasteiger partial charge in [-0.15, -0.1) is 6.42 Å². The van der Waals surface area contributed by atoms with Gasteiger partial charge in [0.05, 0.1) is 13.1 Å². The van der Waals surface area contributed by atoms with Crippen LogP contribution >= 0.6 is 0 Å². The number of hydrogen-bond acceptors (Lipinski definition) is 3. The summed E-state index contributed by atoms with van der Waals surface area (Å²) in [7, 11) is 1.99. The molecule has 0 fully saturated rings. The third-order valence-corrected chi connectivity index (χ3v) is 2.73. The highest BCUT2D eigenvalue weighted by molar-refractivity contribution is 5.20. The lowest BCUT2D eigenvalue weighted by molar-refractivity contribution is 0.322. The number of nitrogens with one attached hydrogen (secondary N) is 1. The van der Waals surface area contributed by atoms with E-state index in [1.165, 1.54) is 5.56 Å². The smallest absolute Gasteiger partial charge is 0.118 e. The van der Waals surface area contributed by atoms with Gasteiger partial charge in [-0.05, 0) is 32.5 Å². The molecular weight excluding hydrogens is 224 g/mol. The van der Waals surface area contributed by atoms with Crippen molar-refractivity contribution in [3.63, 3.8) is 0 Å². The minimum atomic E-state index is 0.640. The molecule has 3 nitrogen and oxygen atoms in total. The first-order valence-corrected chi connectivity index (χ1v) is 6.43. The Morgan fingerprint density at radius 3 is 2.83 bits per heavy atom. The van der Waals surface area contributed by atoms with Crippen LogP contribution in [0, 0.1) is 25.2 Å². The van der Waals surface area contributed by atoms with Crippen molar-refractivity contribution in [1.82, 2.24) is 10.2 Å². The van der Waals surface area contributed by atoms with Crippen molar-refractivity contribution in [2.24, 2.45) is 5.92 Å². The van der Waals surface area contributed by atoms with Gasteiger partial charge in [0.1, 0.15) is 11.5 Å². The first-order chi connectivity index (χ1) is 8.52. The van der Waals surface area contributed by atoms with Crippen LogP contribution in [0.15, 0.2) is 10.5 Å². The van der Waals surface area contributed by atoms with Crippen molar-refractivity contribution in [1.29, 1.82) is 0 Å². The van der Waals surface area contributed by atoms with Crippen LogP contribution in [-0.4, -0.2) is 25.0 Å². The monoisotopic (exact) mass is 248 g/mol. The molecule has 0 spiro atoms. The number of furan rings is 1. The van der Waals surface area contributed by atoms with E-state index in [2.05, 4.69) is 36.1 Å². The Morgan fingerprint density at radius 1 is 1.50 bits per heavy atom. The molecular formula is C15H24N2O. The summed E-state index contributed by atoms with van der Waals surface area (Å²) in [6.45, 7) is 9.71. The topological polar surface area (TPSA) is 28.4 Å². The van der Waals surface area contributed by atoms with Crippen LogP contribution in [0.5, 0.6) is 0 Å². The van der Waals surface area contributed by atoms with Crippen LogP contribution in [-0.2, 0) is 13.1 Å². The van der Waals surface area contributed by atoms with Crippen molar-refractivity contribution >= 4 is 0 Å². The lowest BCUT2D eigenvalue weighted by Crippen LogP contribution is -2.19. The van der Waals surface area contributed by atoms with Gasteiger partial charge in [-0.2, -0.15) is 0 Å². The normalized spacial score (nSPS) is 11.2. The summed E-state index contributed by atoms with van der Waals surface area (Å²) < 4.78 is 5.74. The van der Waals surface area contributed by atoms with Crippen LogP contribution in [0.1, 0.15) is 30.9 Å². The molecule has 1 aromatic heterocycles. The molecule has 0 bridgehead atoms. The number of rotatable bonds is 7. The lowest BCUT2D eigenvalue weighted by atomic mass is 10.2. The van der Waals surface area contributed by atoms with Gasteiger partial charge in [-0.25, -0.2) is 0 Å².